The van der Waals surface area contributed by atoms with Crippen molar-refractivity contribution < 1.29 is 19.1 Å². The summed E-state index contributed by atoms with van der Waals surface area (Å²) < 4.78 is 11.1. The zero-order chi connectivity index (χ0) is 33.3. The van der Waals surface area contributed by atoms with Crippen molar-refractivity contribution in [1.82, 2.24) is 30.6 Å². The lowest BCUT2D eigenvalue weighted by Crippen LogP contribution is -2.25. The summed E-state index contributed by atoms with van der Waals surface area (Å²) in [5, 5.41) is 7.05. The van der Waals surface area contributed by atoms with E-state index in [4.69, 9.17) is 37.7 Å². The minimum Gasteiger partial charge on any atom is -0.480 e. The van der Waals surface area contributed by atoms with Crippen LogP contribution in [0, 0.1) is 0 Å². The molecule has 1 amide bonds. The van der Waals surface area contributed by atoms with Crippen LogP contribution in [0.15, 0.2) is 48.8 Å². The first kappa shape index (κ1) is 34.2. The second-order valence-electron chi connectivity index (χ2n) is 11.3. The lowest BCUT2D eigenvalue weighted by atomic mass is 9.98. The third kappa shape index (κ3) is 8.25. The smallest absolute Gasteiger partial charge is 0.237 e. The van der Waals surface area contributed by atoms with E-state index < -0.39 is 0 Å². The van der Waals surface area contributed by atoms with Crippen molar-refractivity contribution in [1.29, 1.82) is 0 Å². The van der Waals surface area contributed by atoms with Crippen molar-refractivity contribution in [3.8, 4) is 45.4 Å². The Balaban J connectivity index is 1.36. The van der Waals surface area contributed by atoms with Crippen molar-refractivity contribution in [3.05, 3.63) is 70.2 Å². The molecule has 0 unspecified atom stereocenters. The summed E-state index contributed by atoms with van der Waals surface area (Å²) in [7, 11) is 3.11. The highest BCUT2D eigenvalue weighted by Gasteiger charge is 2.22. The second kappa shape index (κ2) is 16.1. The van der Waals surface area contributed by atoms with Crippen LogP contribution in [0.3, 0.4) is 0 Å². The maximum atomic E-state index is 11.9. The Morgan fingerprint density at radius 3 is 2.04 bits per heavy atom. The molecule has 1 aliphatic heterocycles. The number of halogens is 2. The second-order valence-corrected chi connectivity index (χ2v) is 12.1. The molecule has 0 saturated carbocycles. The van der Waals surface area contributed by atoms with E-state index in [2.05, 4.69) is 25.6 Å². The van der Waals surface area contributed by atoms with E-state index in [-0.39, 0.29) is 24.3 Å². The number of carbonyl (C=O) groups is 2. The Labute approximate surface area is 284 Å². The number of amides is 1. The molecule has 1 atom stereocenters. The Morgan fingerprint density at radius 1 is 0.915 bits per heavy atom. The van der Waals surface area contributed by atoms with Crippen molar-refractivity contribution in [3.63, 3.8) is 0 Å². The van der Waals surface area contributed by atoms with E-state index in [1.165, 1.54) is 7.11 Å². The monoisotopic (exact) mass is 676 g/mol. The van der Waals surface area contributed by atoms with Crippen LogP contribution in [0.1, 0.15) is 56.8 Å². The predicted molar refractivity (Wildman–Crippen MR) is 183 cm³/mol. The van der Waals surface area contributed by atoms with Gasteiger partial charge in [0.05, 0.1) is 54.6 Å². The van der Waals surface area contributed by atoms with Gasteiger partial charge in [0.15, 0.2) is 0 Å². The van der Waals surface area contributed by atoms with Gasteiger partial charge < -0.3 is 20.1 Å². The standard InChI is InChI=1S/C35H38Cl2N6O4/c1-4-8-22(44)17-38-18-30-35(47-3)43-29(20-40-30)26-13-7-11-24(33(26)37)23-10-6-12-25(32(23)36)28-19-39-27(34(42-28)46-2)14-5-9-21-15-16-31(45)41-21/h6-7,10-13,19-21,38H,4-5,8-9,14-18H2,1-3H3,(H,41,45)/t21-/m1/s1. The molecule has 2 aromatic carbocycles. The summed E-state index contributed by atoms with van der Waals surface area (Å²) in [6.07, 6.45) is 8.59. The fraction of sp³-hybridized carbons (Fsp3) is 0.371. The lowest BCUT2D eigenvalue weighted by Gasteiger charge is -2.15. The van der Waals surface area contributed by atoms with Crippen molar-refractivity contribution >= 4 is 34.9 Å². The van der Waals surface area contributed by atoms with Gasteiger partial charge in [-0.3, -0.25) is 19.6 Å². The van der Waals surface area contributed by atoms with Crippen LogP contribution < -0.4 is 20.1 Å². The van der Waals surface area contributed by atoms with E-state index in [0.29, 0.717) is 81.4 Å². The Morgan fingerprint density at radius 2 is 1.49 bits per heavy atom. The summed E-state index contributed by atoms with van der Waals surface area (Å²) in [6.45, 7) is 2.58. The molecule has 0 aliphatic carbocycles. The number of aromatic nitrogens is 4. The third-order valence-corrected chi connectivity index (χ3v) is 8.86. The predicted octanol–water partition coefficient (Wildman–Crippen LogP) is 6.65. The van der Waals surface area contributed by atoms with Gasteiger partial charge in [-0.05, 0) is 32.1 Å². The summed E-state index contributed by atoms with van der Waals surface area (Å²) in [4.78, 5) is 42.0. The SMILES string of the molecule is CCCC(=O)CNCc1ncc(-c2cccc(-c3cccc(-c4cnc(CCC[C@@H]5CCC(=O)N5)c(OC)n4)c3Cl)c2Cl)nc1OC. The molecule has 0 spiro atoms. The molecule has 246 valence electrons. The highest BCUT2D eigenvalue weighted by molar-refractivity contribution is 6.39. The normalized spacial score (nSPS) is 14.2. The van der Waals surface area contributed by atoms with Gasteiger partial charge in [-0.15, -0.1) is 0 Å². The molecule has 10 nitrogen and oxygen atoms in total. The van der Waals surface area contributed by atoms with Crippen LogP contribution >= 0.6 is 23.2 Å². The number of aryl methyl sites for hydroxylation is 1. The van der Waals surface area contributed by atoms with Gasteiger partial charge in [0.1, 0.15) is 17.2 Å². The molecule has 4 aromatic rings. The number of hydrogen-bond acceptors (Lipinski definition) is 9. The number of benzene rings is 2. The number of carbonyl (C=O) groups excluding carboxylic acids is 2. The van der Waals surface area contributed by atoms with Crippen LogP contribution in [-0.4, -0.2) is 58.4 Å². The molecule has 1 aliphatic rings. The van der Waals surface area contributed by atoms with Gasteiger partial charge >= 0.3 is 0 Å². The van der Waals surface area contributed by atoms with E-state index in [9.17, 15) is 9.59 Å². The van der Waals surface area contributed by atoms with E-state index >= 15 is 0 Å². The Kier molecular flexibility index (Phi) is 11.7. The number of nitrogens with one attached hydrogen (secondary N) is 2. The minimum absolute atomic E-state index is 0.119. The van der Waals surface area contributed by atoms with Crippen molar-refractivity contribution in [2.45, 2.75) is 64.5 Å². The third-order valence-electron chi connectivity index (χ3n) is 8.04. The number of ether oxygens (including phenoxy) is 2. The Bertz CT molecular complexity index is 1750. The first-order valence-corrected chi connectivity index (χ1v) is 16.5. The molecule has 0 radical (unpaired) electrons. The van der Waals surface area contributed by atoms with Crippen LogP contribution in [0.4, 0.5) is 0 Å². The molecular weight excluding hydrogens is 639 g/mol. The van der Waals surface area contributed by atoms with Gasteiger partial charge in [0.25, 0.3) is 0 Å². The minimum atomic E-state index is 0.119. The van der Waals surface area contributed by atoms with Crippen LogP contribution in [0.25, 0.3) is 33.6 Å². The quantitative estimate of drug-likeness (QED) is 0.142. The molecule has 5 rings (SSSR count). The average molecular weight is 678 g/mol. The van der Waals surface area contributed by atoms with Crippen molar-refractivity contribution in [2.24, 2.45) is 0 Å². The highest BCUT2D eigenvalue weighted by atomic mass is 35.5. The topological polar surface area (TPSA) is 128 Å². The van der Waals surface area contributed by atoms with Crippen molar-refractivity contribution in [2.75, 3.05) is 20.8 Å². The molecule has 2 N–H and O–H groups in total. The number of Topliss-reactive ketones (excluding diaryl/α,β-unsaturated/α-hetero) is 1. The summed E-state index contributed by atoms with van der Waals surface area (Å²) in [6, 6.07) is 11.5. The number of hydrogen-bond donors (Lipinski definition) is 2. The first-order valence-electron chi connectivity index (χ1n) is 15.7. The summed E-state index contributed by atoms with van der Waals surface area (Å²) in [5.41, 5.74) is 5.24. The van der Waals surface area contributed by atoms with Gasteiger partial charge in [0, 0.05) is 47.7 Å². The first-order chi connectivity index (χ1) is 22.8. The molecular formula is C35H38Cl2N6O4. The lowest BCUT2D eigenvalue weighted by molar-refractivity contribution is -0.119. The molecule has 12 heteroatoms. The van der Waals surface area contributed by atoms with Crippen LogP contribution in [-0.2, 0) is 22.6 Å². The number of rotatable bonds is 15. The van der Waals surface area contributed by atoms with Crippen LogP contribution in [0.5, 0.6) is 11.8 Å². The zero-order valence-corrected chi connectivity index (χ0v) is 28.2. The summed E-state index contributed by atoms with van der Waals surface area (Å²) >= 11 is 14.0. The highest BCUT2D eigenvalue weighted by Crippen LogP contribution is 2.42. The molecule has 1 saturated heterocycles. The van der Waals surface area contributed by atoms with Gasteiger partial charge in [-0.2, -0.15) is 0 Å². The fourth-order valence-corrected chi connectivity index (χ4v) is 6.30. The summed E-state index contributed by atoms with van der Waals surface area (Å²) in [5.74, 6) is 1.06. The molecule has 3 heterocycles. The molecule has 2 aromatic heterocycles. The van der Waals surface area contributed by atoms with Gasteiger partial charge in [0.2, 0.25) is 17.7 Å². The average Bonchev–Trinajstić information content (AvgIpc) is 3.50. The van der Waals surface area contributed by atoms with E-state index in [1.54, 1.807) is 19.5 Å². The Hall–Kier alpha value is -4.12. The molecule has 0 bridgehead atoms. The number of methoxy groups -OCH3 is 2. The fourth-order valence-electron chi connectivity index (χ4n) is 5.65. The van der Waals surface area contributed by atoms with E-state index in [1.807, 2.05) is 43.3 Å². The van der Waals surface area contributed by atoms with E-state index in [0.717, 1.165) is 36.9 Å². The largest absolute Gasteiger partial charge is 0.480 e. The maximum absolute atomic E-state index is 11.9. The number of ketones is 1. The molecule has 1 fully saturated rings. The zero-order valence-electron chi connectivity index (χ0n) is 26.7. The van der Waals surface area contributed by atoms with Gasteiger partial charge in [-0.1, -0.05) is 66.5 Å². The molecule has 47 heavy (non-hydrogen) atoms. The maximum Gasteiger partial charge on any atom is 0.237 e. The van der Waals surface area contributed by atoms with Crippen LogP contribution in [0.2, 0.25) is 10.0 Å². The van der Waals surface area contributed by atoms with Gasteiger partial charge in [-0.25, -0.2) is 9.97 Å². The number of nitrogens with zero attached hydrogens (tertiary/aromatic N) is 4.